The molecule has 32 heavy (non-hydrogen) atoms. The third-order valence-electron chi connectivity index (χ3n) is 4.75. The van der Waals surface area contributed by atoms with Gasteiger partial charge in [0.1, 0.15) is 24.7 Å². The van der Waals surface area contributed by atoms with Crippen molar-refractivity contribution in [1.29, 1.82) is 0 Å². The van der Waals surface area contributed by atoms with E-state index in [1.807, 2.05) is 31.2 Å². The van der Waals surface area contributed by atoms with E-state index in [1.54, 1.807) is 41.0 Å². The first-order valence-electron chi connectivity index (χ1n) is 9.97. The van der Waals surface area contributed by atoms with Crippen LogP contribution < -0.4 is 10.1 Å². The number of H-pyrrole nitrogens is 1. The van der Waals surface area contributed by atoms with Crippen LogP contribution in [0.15, 0.2) is 72.8 Å². The lowest BCUT2D eigenvalue weighted by molar-refractivity contribution is -0.116. The predicted molar refractivity (Wildman–Crippen MR) is 123 cm³/mol. The number of benzene rings is 3. The molecular weight excluding hydrogens is 427 g/mol. The number of hydrogen-bond donors (Lipinski definition) is 2. The van der Waals surface area contributed by atoms with Gasteiger partial charge in [0.25, 0.3) is 0 Å². The average Bonchev–Trinajstić information content (AvgIpc) is 3.12. The van der Waals surface area contributed by atoms with Crippen molar-refractivity contribution in [3.63, 3.8) is 0 Å². The zero-order valence-corrected chi connectivity index (χ0v) is 18.2. The molecule has 0 aliphatic carbocycles. The van der Waals surface area contributed by atoms with Crippen LogP contribution in [0.3, 0.4) is 0 Å². The standard InChI is InChI=1S/C24H21FN4O2S/c1-16-5-2-7-18(11-16)23-27-28-24(32)29(23)14-22(30)26-20-9-4-10-21(13-20)31-15-17-6-3-8-19(25)12-17/h2-13H,14-15H2,1H3,(H,26,30)(H,28,32). The molecule has 0 spiro atoms. The maximum absolute atomic E-state index is 13.3. The van der Waals surface area contributed by atoms with Crippen molar-refractivity contribution in [2.45, 2.75) is 20.1 Å². The minimum atomic E-state index is -0.310. The molecule has 0 aliphatic heterocycles. The fourth-order valence-corrected chi connectivity index (χ4v) is 3.47. The number of aromatic amines is 1. The first-order chi connectivity index (χ1) is 15.5. The van der Waals surface area contributed by atoms with E-state index in [0.717, 1.165) is 16.7 Å². The molecule has 1 aromatic heterocycles. The SMILES string of the molecule is Cc1cccc(-c2n[nH]c(=S)n2CC(=O)Nc2cccc(OCc3cccc(F)c3)c2)c1. The maximum atomic E-state index is 13.3. The molecule has 162 valence electrons. The summed E-state index contributed by atoms with van der Waals surface area (Å²) in [5.74, 6) is 0.599. The zero-order valence-electron chi connectivity index (χ0n) is 17.3. The van der Waals surface area contributed by atoms with Crippen molar-refractivity contribution in [3.05, 3.63) is 94.5 Å². The highest BCUT2D eigenvalue weighted by Gasteiger charge is 2.13. The summed E-state index contributed by atoms with van der Waals surface area (Å²) in [5.41, 5.74) is 3.26. The van der Waals surface area contributed by atoms with Gasteiger partial charge in [-0.25, -0.2) is 4.39 Å². The predicted octanol–water partition coefficient (Wildman–Crippen LogP) is 5.27. The van der Waals surface area contributed by atoms with Crippen LogP contribution in [-0.2, 0) is 17.9 Å². The molecule has 3 aromatic carbocycles. The van der Waals surface area contributed by atoms with Crippen LogP contribution in [0.4, 0.5) is 10.1 Å². The topological polar surface area (TPSA) is 71.9 Å². The number of carbonyl (C=O) groups excluding carboxylic acids is 1. The van der Waals surface area contributed by atoms with Crippen LogP contribution in [0.2, 0.25) is 0 Å². The third kappa shape index (κ3) is 5.28. The first-order valence-corrected chi connectivity index (χ1v) is 10.4. The highest BCUT2D eigenvalue weighted by atomic mass is 32.1. The molecule has 0 radical (unpaired) electrons. The summed E-state index contributed by atoms with van der Waals surface area (Å²) < 4.78 is 21.1. The molecule has 1 amide bonds. The molecule has 6 nitrogen and oxygen atoms in total. The second kappa shape index (κ2) is 9.57. The number of rotatable bonds is 7. The number of nitrogens with one attached hydrogen (secondary N) is 2. The van der Waals surface area contributed by atoms with Crippen LogP contribution in [0, 0.1) is 17.5 Å². The van der Waals surface area contributed by atoms with Crippen molar-refractivity contribution in [2.75, 3.05) is 5.32 Å². The average molecular weight is 449 g/mol. The Morgan fingerprint density at radius 2 is 1.94 bits per heavy atom. The van der Waals surface area contributed by atoms with Gasteiger partial charge in [-0.1, -0.05) is 42.0 Å². The van der Waals surface area contributed by atoms with E-state index in [9.17, 15) is 9.18 Å². The number of nitrogens with zero attached hydrogens (tertiary/aromatic N) is 2. The molecule has 0 saturated heterocycles. The molecule has 2 N–H and O–H groups in total. The Bertz CT molecular complexity index is 1320. The maximum Gasteiger partial charge on any atom is 0.244 e. The van der Waals surface area contributed by atoms with Gasteiger partial charge < -0.3 is 10.1 Å². The summed E-state index contributed by atoms with van der Waals surface area (Å²) in [7, 11) is 0. The molecule has 0 saturated carbocycles. The Hall–Kier alpha value is -3.78. The lowest BCUT2D eigenvalue weighted by Crippen LogP contribution is -2.19. The number of amides is 1. The molecular formula is C24H21FN4O2S. The van der Waals surface area contributed by atoms with Gasteiger partial charge in [0.2, 0.25) is 5.91 Å². The third-order valence-corrected chi connectivity index (χ3v) is 5.06. The summed E-state index contributed by atoms with van der Waals surface area (Å²) in [4.78, 5) is 12.7. The second-order valence-corrected chi connectivity index (χ2v) is 7.69. The van der Waals surface area contributed by atoms with Crippen LogP contribution in [-0.4, -0.2) is 20.7 Å². The van der Waals surface area contributed by atoms with E-state index >= 15 is 0 Å². The largest absolute Gasteiger partial charge is 0.489 e. The van der Waals surface area contributed by atoms with E-state index in [-0.39, 0.29) is 24.9 Å². The summed E-state index contributed by atoms with van der Waals surface area (Å²) in [6.07, 6.45) is 0. The van der Waals surface area contributed by atoms with Gasteiger partial charge in [0.15, 0.2) is 10.6 Å². The van der Waals surface area contributed by atoms with Gasteiger partial charge >= 0.3 is 0 Å². The monoisotopic (exact) mass is 448 g/mol. The number of ether oxygens (including phenoxy) is 1. The molecule has 0 unspecified atom stereocenters. The number of halogens is 1. The van der Waals surface area contributed by atoms with Gasteiger partial charge in [0.05, 0.1) is 0 Å². The van der Waals surface area contributed by atoms with Gasteiger partial charge in [-0.3, -0.25) is 14.5 Å². The van der Waals surface area contributed by atoms with E-state index < -0.39 is 0 Å². The second-order valence-electron chi connectivity index (χ2n) is 7.30. The van der Waals surface area contributed by atoms with Crippen LogP contribution in [0.5, 0.6) is 5.75 Å². The van der Waals surface area contributed by atoms with Crippen molar-refractivity contribution in [2.24, 2.45) is 0 Å². The van der Waals surface area contributed by atoms with Gasteiger partial charge in [-0.2, -0.15) is 5.10 Å². The summed E-state index contributed by atoms with van der Waals surface area (Å²) in [6, 6.07) is 21.1. The molecule has 0 bridgehead atoms. The molecule has 0 fully saturated rings. The van der Waals surface area contributed by atoms with E-state index in [4.69, 9.17) is 17.0 Å². The van der Waals surface area contributed by atoms with E-state index in [2.05, 4.69) is 15.5 Å². The van der Waals surface area contributed by atoms with Gasteiger partial charge in [-0.15, -0.1) is 0 Å². The highest BCUT2D eigenvalue weighted by molar-refractivity contribution is 7.71. The fraction of sp³-hybridized carbons (Fsp3) is 0.125. The van der Waals surface area contributed by atoms with Crippen molar-refractivity contribution < 1.29 is 13.9 Å². The normalized spacial score (nSPS) is 10.7. The Labute approximate surface area is 189 Å². The molecule has 0 atom stereocenters. The zero-order chi connectivity index (χ0) is 22.5. The number of hydrogen-bond acceptors (Lipinski definition) is 4. The smallest absolute Gasteiger partial charge is 0.244 e. The van der Waals surface area contributed by atoms with Crippen molar-refractivity contribution in [1.82, 2.24) is 14.8 Å². The lowest BCUT2D eigenvalue weighted by atomic mass is 10.1. The quantitative estimate of drug-likeness (QED) is 0.378. The Morgan fingerprint density at radius 3 is 2.75 bits per heavy atom. The van der Waals surface area contributed by atoms with Crippen molar-refractivity contribution >= 4 is 23.8 Å². The van der Waals surface area contributed by atoms with Crippen molar-refractivity contribution in [3.8, 4) is 17.1 Å². The lowest BCUT2D eigenvalue weighted by Gasteiger charge is -2.11. The van der Waals surface area contributed by atoms with E-state index in [1.165, 1.54) is 12.1 Å². The Morgan fingerprint density at radius 1 is 1.12 bits per heavy atom. The number of carbonyl (C=O) groups is 1. The number of aromatic nitrogens is 3. The summed E-state index contributed by atoms with van der Waals surface area (Å²) in [5, 5.41) is 9.90. The minimum absolute atomic E-state index is 0.00693. The molecule has 1 heterocycles. The van der Waals surface area contributed by atoms with Crippen LogP contribution in [0.25, 0.3) is 11.4 Å². The minimum Gasteiger partial charge on any atom is -0.489 e. The molecule has 8 heteroatoms. The van der Waals surface area contributed by atoms with E-state index in [0.29, 0.717) is 22.0 Å². The summed E-state index contributed by atoms with van der Waals surface area (Å²) >= 11 is 5.32. The molecule has 4 rings (SSSR count). The fourth-order valence-electron chi connectivity index (χ4n) is 3.27. The molecule has 0 aliphatic rings. The van der Waals surface area contributed by atoms with Crippen LogP contribution >= 0.6 is 12.2 Å². The molecule has 4 aromatic rings. The van der Waals surface area contributed by atoms with Crippen LogP contribution in [0.1, 0.15) is 11.1 Å². The van der Waals surface area contributed by atoms with Gasteiger partial charge in [-0.05, 0) is 55.0 Å². The van der Waals surface area contributed by atoms with Gasteiger partial charge in [0, 0.05) is 17.3 Å². The highest BCUT2D eigenvalue weighted by Crippen LogP contribution is 2.21. The Balaban J connectivity index is 1.43. The first kappa shape index (κ1) is 21.5. The number of aryl methyl sites for hydroxylation is 1. The summed E-state index contributed by atoms with van der Waals surface area (Å²) in [6.45, 7) is 2.22. The Kier molecular flexibility index (Phi) is 6.42. The number of anilines is 1.